The molecule has 0 aromatic heterocycles. The lowest BCUT2D eigenvalue weighted by molar-refractivity contribution is -0.116. The topological polar surface area (TPSA) is 38.3 Å². The van der Waals surface area contributed by atoms with Crippen molar-refractivity contribution in [3.63, 3.8) is 0 Å². The Bertz CT molecular complexity index is 443. The van der Waals surface area contributed by atoms with Crippen molar-refractivity contribution < 1.29 is 9.53 Å². The molecule has 1 heterocycles. The highest BCUT2D eigenvalue weighted by molar-refractivity contribution is 8.02. The fourth-order valence-corrected chi connectivity index (χ4v) is 2.25. The largest absolute Gasteiger partial charge is 0.487 e. The summed E-state index contributed by atoms with van der Waals surface area (Å²) in [5.74, 6) is 1.15. The predicted octanol–water partition coefficient (Wildman–Crippen LogP) is 2.79. The van der Waals surface area contributed by atoms with Gasteiger partial charge in [-0.05, 0) is 18.1 Å². The van der Waals surface area contributed by atoms with Gasteiger partial charge in [-0.25, -0.2) is 0 Å². The minimum atomic E-state index is -0.168. The number of thioether (sulfide) groups is 1. The molecule has 0 aliphatic carbocycles. The molecule has 1 aromatic carbocycles. The summed E-state index contributed by atoms with van der Waals surface area (Å²) < 4.78 is 5.31. The Kier molecular flexibility index (Phi) is 4.09. The van der Waals surface area contributed by atoms with Crippen LogP contribution in [0.15, 0.2) is 35.4 Å². The van der Waals surface area contributed by atoms with Crippen molar-refractivity contribution in [3.8, 4) is 0 Å². The van der Waals surface area contributed by atoms with E-state index in [9.17, 15) is 4.79 Å². The number of hydrogen-bond acceptors (Lipinski definition) is 3. The maximum Gasteiger partial charge on any atom is 0.291 e. The third kappa shape index (κ3) is 3.03. The third-order valence-corrected chi connectivity index (χ3v) is 3.30. The molecule has 0 saturated heterocycles. The molecular formula is C13H15NO2S. The number of anilines is 1. The van der Waals surface area contributed by atoms with E-state index >= 15 is 0 Å². The summed E-state index contributed by atoms with van der Waals surface area (Å²) in [6, 6.07) is 7.81. The van der Waals surface area contributed by atoms with E-state index < -0.39 is 0 Å². The number of para-hydroxylation sites is 1. The van der Waals surface area contributed by atoms with Crippen molar-refractivity contribution in [3.05, 3.63) is 41.0 Å². The van der Waals surface area contributed by atoms with E-state index in [1.165, 1.54) is 0 Å². The van der Waals surface area contributed by atoms with Crippen molar-refractivity contribution in [1.82, 2.24) is 0 Å². The van der Waals surface area contributed by atoms with E-state index in [0.29, 0.717) is 12.4 Å². The van der Waals surface area contributed by atoms with E-state index in [1.54, 1.807) is 17.2 Å². The predicted molar refractivity (Wildman–Crippen MR) is 70.9 cm³/mol. The molecule has 1 amide bonds. The second-order valence-electron chi connectivity index (χ2n) is 3.67. The summed E-state index contributed by atoms with van der Waals surface area (Å²) in [4.78, 5) is 11.9. The summed E-state index contributed by atoms with van der Waals surface area (Å²) in [6.07, 6.45) is 0.894. The first-order chi connectivity index (χ1) is 8.31. The molecule has 0 radical (unpaired) electrons. The number of amides is 1. The number of ether oxygens (including phenoxy) is 1. The molecule has 0 bridgehead atoms. The van der Waals surface area contributed by atoms with Crippen LogP contribution in [0.2, 0.25) is 0 Å². The standard InChI is InChI=1S/C13H15NO2S/c1-2-10-5-3-4-6-11(10)14-13(15)12-9-17-8-7-16-12/h3-6,9H,2,7-8H2,1H3,(H,14,15). The van der Waals surface area contributed by atoms with Crippen LogP contribution in [0, 0.1) is 0 Å². The van der Waals surface area contributed by atoms with Crippen LogP contribution < -0.4 is 5.32 Å². The lowest BCUT2D eigenvalue weighted by Gasteiger charge is -2.15. The van der Waals surface area contributed by atoms with Gasteiger partial charge >= 0.3 is 0 Å². The molecule has 0 saturated carbocycles. The van der Waals surface area contributed by atoms with Crippen LogP contribution in [0.4, 0.5) is 5.69 Å². The minimum Gasteiger partial charge on any atom is -0.487 e. The Balaban J connectivity index is 2.09. The summed E-state index contributed by atoms with van der Waals surface area (Å²) in [7, 11) is 0. The monoisotopic (exact) mass is 249 g/mol. The average molecular weight is 249 g/mol. The van der Waals surface area contributed by atoms with Gasteiger partial charge in [0.2, 0.25) is 0 Å². The summed E-state index contributed by atoms with van der Waals surface area (Å²) in [5, 5.41) is 4.66. The maximum absolute atomic E-state index is 11.9. The van der Waals surface area contributed by atoms with Crippen LogP contribution in [0.25, 0.3) is 0 Å². The van der Waals surface area contributed by atoms with Crippen molar-refractivity contribution in [2.75, 3.05) is 17.7 Å². The molecule has 2 rings (SSSR count). The van der Waals surface area contributed by atoms with Gasteiger partial charge < -0.3 is 10.1 Å². The van der Waals surface area contributed by atoms with Crippen molar-refractivity contribution in [1.29, 1.82) is 0 Å². The highest BCUT2D eigenvalue weighted by Gasteiger charge is 2.15. The van der Waals surface area contributed by atoms with E-state index in [-0.39, 0.29) is 5.91 Å². The zero-order valence-corrected chi connectivity index (χ0v) is 10.5. The molecule has 3 nitrogen and oxygen atoms in total. The van der Waals surface area contributed by atoms with Crippen LogP contribution in [-0.2, 0) is 16.0 Å². The number of nitrogens with one attached hydrogen (secondary N) is 1. The molecule has 4 heteroatoms. The van der Waals surface area contributed by atoms with Crippen LogP contribution in [0.3, 0.4) is 0 Å². The fourth-order valence-electron chi connectivity index (χ4n) is 1.62. The summed E-state index contributed by atoms with van der Waals surface area (Å²) in [6.45, 7) is 2.66. The highest BCUT2D eigenvalue weighted by atomic mass is 32.2. The van der Waals surface area contributed by atoms with Gasteiger partial charge in [0.25, 0.3) is 5.91 Å². The van der Waals surface area contributed by atoms with Crippen LogP contribution >= 0.6 is 11.8 Å². The first-order valence-corrected chi connectivity index (χ1v) is 6.70. The highest BCUT2D eigenvalue weighted by Crippen LogP contribution is 2.19. The molecule has 0 atom stereocenters. The SMILES string of the molecule is CCc1ccccc1NC(=O)C1=CSCCO1. The van der Waals surface area contributed by atoms with Gasteiger partial charge in [-0.3, -0.25) is 4.79 Å². The van der Waals surface area contributed by atoms with Gasteiger partial charge in [-0.15, -0.1) is 11.8 Å². The van der Waals surface area contributed by atoms with Gasteiger partial charge in [-0.1, -0.05) is 25.1 Å². The quantitative estimate of drug-likeness (QED) is 0.895. The Morgan fingerprint density at radius 2 is 2.29 bits per heavy atom. The lowest BCUT2D eigenvalue weighted by atomic mass is 10.1. The van der Waals surface area contributed by atoms with Gasteiger partial charge in [0.1, 0.15) is 0 Å². The van der Waals surface area contributed by atoms with Crippen molar-refractivity contribution >= 4 is 23.4 Å². The fraction of sp³-hybridized carbons (Fsp3) is 0.308. The van der Waals surface area contributed by atoms with Crippen molar-refractivity contribution in [2.45, 2.75) is 13.3 Å². The molecule has 90 valence electrons. The third-order valence-electron chi connectivity index (χ3n) is 2.52. The zero-order valence-electron chi connectivity index (χ0n) is 9.73. The Morgan fingerprint density at radius 1 is 1.47 bits per heavy atom. The minimum absolute atomic E-state index is 0.168. The molecule has 1 aliphatic heterocycles. The molecular weight excluding hydrogens is 234 g/mol. The van der Waals surface area contributed by atoms with Crippen molar-refractivity contribution in [2.24, 2.45) is 0 Å². The molecule has 17 heavy (non-hydrogen) atoms. The van der Waals surface area contributed by atoms with Gasteiger partial charge in [0.05, 0.1) is 6.61 Å². The number of carbonyl (C=O) groups excluding carboxylic acids is 1. The van der Waals surface area contributed by atoms with E-state index in [2.05, 4.69) is 12.2 Å². The van der Waals surface area contributed by atoms with Gasteiger partial charge in [0, 0.05) is 16.8 Å². The molecule has 1 aromatic rings. The Hall–Kier alpha value is -1.42. The van der Waals surface area contributed by atoms with Crippen LogP contribution in [-0.4, -0.2) is 18.3 Å². The molecule has 0 unspecified atom stereocenters. The Morgan fingerprint density at radius 3 is 3.00 bits per heavy atom. The average Bonchev–Trinajstić information content (AvgIpc) is 2.40. The molecule has 1 N–H and O–H groups in total. The van der Waals surface area contributed by atoms with E-state index in [1.807, 2.05) is 24.3 Å². The second kappa shape index (κ2) is 5.77. The first kappa shape index (κ1) is 12.0. The Labute approximate surface area is 105 Å². The lowest BCUT2D eigenvalue weighted by Crippen LogP contribution is -2.19. The number of carbonyl (C=O) groups is 1. The first-order valence-electron chi connectivity index (χ1n) is 5.65. The number of aryl methyl sites for hydroxylation is 1. The molecule has 1 aliphatic rings. The van der Waals surface area contributed by atoms with E-state index in [4.69, 9.17) is 4.74 Å². The normalized spacial score (nSPS) is 14.8. The smallest absolute Gasteiger partial charge is 0.291 e. The summed E-state index contributed by atoms with van der Waals surface area (Å²) in [5.41, 5.74) is 1.99. The zero-order chi connectivity index (χ0) is 12.1. The van der Waals surface area contributed by atoms with Gasteiger partial charge in [-0.2, -0.15) is 0 Å². The maximum atomic E-state index is 11.9. The van der Waals surface area contributed by atoms with Gasteiger partial charge in [0.15, 0.2) is 5.76 Å². The number of benzene rings is 1. The number of hydrogen-bond donors (Lipinski definition) is 1. The second-order valence-corrected chi connectivity index (χ2v) is 4.64. The van der Waals surface area contributed by atoms with Crippen LogP contribution in [0.1, 0.15) is 12.5 Å². The molecule has 0 fully saturated rings. The summed E-state index contributed by atoms with van der Waals surface area (Å²) >= 11 is 1.60. The number of rotatable bonds is 3. The van der Waals surface area contributed by atoms with E-state index in [0.717, 1.165) is 23.4 Å². The van der Waals surface area contributed by atoms with Crippen LogP contribution in [0.5, 0.6) is 0 Å². The molecule has 0 spiro atoms.